The van der Waals surface area contributed by atoms with Crippen LogP contribution in [0.1, 0.15) is 5.56 Å². The molecule has 18 heavy (non-hydrogen) atoms. The van der Waals surface area contributed by atoms with Gasteiger partial charge in [0.15, 0.2) is 5.82 Å². The van der Waals surface area contributed by atoms with Crippen LogP contribution < -0.4 is 11.1 Å². The molecule has 0 amide bonds. The van der Waals surface area contributed by atoms with E-state index in [1.54, 1.807) is 0 Å². The fourth-order valence-electron chi connectivity index (χ4n) is 1.60. The molecule has 0 aliphatic heterocycles. The van der Waals surface area contributed by atoms with Crippen LogP contribution in [0, 0.1) is 24.4 Å². The third kappa shape index (κ3) is 2.40. The first-order valence-corrected chi connectivity index (χ1v) is 5.25. The maximum Gasteiger partial charge on any atom is 0.152 e. The molecule has 2 nitrogen and oxygen atoms in total. The summed E-state index contributed by atoms with van der Waals surface area (Å²) >= 11 is 0. The smallest absolute Gasteiger partial charge is 0.152 e. The highest BCUT2D eigenvalue weighted by molar-refractivity contribution is 5.65. The van der Waals surface area contributed by atoms with Gasteiger partial charge in [-0.25, -0.2) is 13.2 Å². The van der Waals surface area contributed by atoms with Crippen molar-refractivity contribution in [3.63, 3.8) is 0 Å². The lowest BCUT2D eigenvalue weighted by atomic mass is 10.2. The molecule has 0 saturated carbocycles. The number of nitrogen functional groups attached to an aromatic ring is 1. The molecule has 0 radical (unpaired) electrons. The molecule has 0 aromatic heterocycles. The summed E-state index contributed by atoms with van der Waals surface area (Å²) in [7, 11) is 0. The Morgan fingerprint density at radius 3 is 2.44 bits per heavy atom. The molecule has 0 atom stereocenters. The number of benzene rings is 2. The van der Waals surface area contributed by atoms with Crippen LogP contribution in [0.4, 0.5) is 30.2 Å². The zero-order valence-corrected chi connectivity index (χ0v) is 9.60. The van der Waals surface area contributed by atoms with Gasteiger partial charge in [-0.2, -0.15) is 0 Å². The summed E-state index contributed by atoms with van der Waals surface area (Å²) in [6.45, 7) is 1.51. The number of aryl methyl sites for hydroxylation is 1. The van der Waals surface area contributed by atoms with Gasteiger partial charge >= 0.3 is 0 Å². The van der Waals surface area contributed by atoms with Crippen molar-refractivity contribution < 1.29 is 13.2 Å². The van der Waals surface area contributed by atoms with E-state index < -0.39 is 17.5 Å². The van der Waals surface area contributed by atoms with Crippen molar-refractivity contribution >= 4 is 17.1 Å². The summed E-state index contributed by atoms with van der Waals surface area (Å²) in [4.78, 5) is 0. The lowest BCUT2D eigenvalue weighted by molar-refractivity contribution is 0.584. The van der Waals surface area contributed by atoms with Gasteiger partial charge in [0, 0.05) is 11.4 Å². The van der Waals surface area contributed by atoms with Gasteiger partial charge in [0.1, 0.15) is 17.3 Å². The van der Waals surface area contributed by atoms with E-state index >= 15 is 0 Å². The molecule has 3 N–H and O–H groups in total. The number of nitrogens with one attached hydrogen (secondary N) is 1. The van der Waals surface area contributed by atoms with Crippen molar-refractivity contribution in [3.05, 3.63) is 53.3 Å². The molecular formula is C13H11F3N2. The Morgan fingerprint density at radius 1 is 1.06 bits per heavy atom. The van der Waals surface area contributed by atoms with Gasteiger partial charge in [0.25, 0.3) is 0 Å². The summed E-state index contributed by atoms with van der Waals surface area (Å²) in [5.74, 6) is -2.04. The Kier molecular flexibility index (Phi) is 3.14. The minimum atomic E-state index is -0.749. The van der Waals surface area contributed by atoms with Gasteiger partial charge in [-0.15, -0.1) is 0 Å². The topological polar surface area (TPSA) is 38.0 Å². The third-order valence-corrected chi connectivity index (χ3v) is 2.47. The van der Waals surface area contributed by atoms with Crippen LogP contribution in [0.15, 0.2) is 30.3 Å². The third-order valence-electron chi connectivity index (χ3n) is 2.47. The van der Waals surface area contributed by atoms with Gasteiger partial charge in [-0.1, -0.05) is 6.07 Å². The standard InChI is InChI=1S/C13H11F3N2/c1-7-2-3-11(15)13(12(7)16)18-10-5-8(14)4-9(17)6-10/h2-6,18H,17H2,1H3. The normalized spacial score (nSPS) is 10.4. The Hall–Kier alpha value is -2.17. The zero-order chi connectivity index (χ0) is 13.3. The molecule has 2 aromatic rings. The van der Waals surface area contributed by atoms with Gasteiger partial charge in [-0.05, 0) is 36.8 Å². The van der Waals surface area contributed by atoms with E-state index in [1.807, 2.05) is 0 Å². The van der Waals surface area contributed by atoms with E-state index in [-0.39, 0.29) is 17.1 Å². The second kappa shape index (κ2) is 4.60. The zero-order valence-electron chi connectivity index (χ0n) is 9.60. The fraction of sp³-hybridized carbons (Fsp3) is 0.0769. The van der Waals surface area contributed by atoms with Gasteiger partial charge in [0.2, 0.25) is 0 Å². The molecule has 0 aliphatic rings. The highest BCUT2D eigenvalue weighted by atomic mass is 19.1. The molecule has 5 heteroatoms. The average Bonchev–Trinajstić information content (AvgIpc) is 2.28. The first-order chi connectivity index (χ1) is 8.47. The molecule has 0 saturated heterocycles. The predicted molar refractivity (Wildman–Crippen MR) is 65.2 cm³/mol. The van der Waals surface area contributed by atoms with Crippen molar-refractivity contribution in [2.45, 2.75) is 6.92 Å². The predicted octanol–water partition coefficient (Wildman–Crippen LogP) is 3.74. The van der Waals surface area contributed by atoms with Gasteiger partial charge < -0.3 is 11.1 Å². The molecule has 0 heterocycles. The van der Waals surface area contributed by atoms with Gasteiger partial charge in [0.05, 0.1) is 0 Å². The van der Waals surface area contributed by atoms with Crippen LogP contribution in [0.2, 0.25) is 0 Å². The van der Waals surface area contributed by atoms with Crippen molar-refractivity contribution in [3.8, 4) is 0 Å². The number of halogens is 3. The molecule has 0 aliphatic carbocycles. The van der Waals surface area contributed by atoms with Crippen LogP contribution >= 0.6 is 0 Å². The second-order valence-corrected chi connectivity index (χ2v) is 3.95. The van der Waals surface area contributed by atoms with Crippen molar-refractivity contribution in [1.82, 2.24) is 0 Å². The Balaban J connectivity index is 2.42. The molecular weight excluding hydrogens is 241 g/mol. The minimum Gasteiger partial charge on any atom is -0.399 e. The largest absolute Gasteiger partial charge is 0.399 e. The highest BCUT2D eigenvalue weighted by Gasteiger charge is 2.12. The van der Waals surface area contributed by atoms with E-state index in [1.165, 1.54) is 19.1 Å². The Morgan fingerprint density at radius 2 is 1.78 bits per heavy atom. The fourth-order valence-corrected chi connectivity index (χ4v) is 1.60. The summed E-state index contributed by atoms with van der Waals surface area (Å²) in [6, 6.07) is 6.09. The maximum atomic E-state index is 13.7. The maximum absolute atomic E-state index is 13.7. The van der Waals surface area contributed by atoms with Crippen LogP contribution in [-0.2, 0) is 0 Å². The average molecular weight is 252 g/mol. The SMILES string of the molecule is Cc1ccc(F)c(Nc2cc(N)cc(F)c2)c1F. The van der Waals surface area contributed by atoms with Crippen LogP contribution in [-0.4, -0.2) is 0 Å². The number of hydrogen-bond donors (Lipinski definition) is 2. The van der Waals surface area contributed by atoms with Crippen LogP contribution in [0.5, 0.6) is 0 Å². The molecule has 0 spiro atoms. The number of hydrogen-bond acceptors (Lipinski definition) is 2. The quantitative estimate of drug-likeness (QED) is 0.799. The number of anilines is 3. The Labute approximate surface area is 102 Å². The van der Waals surface area contributed by atoms with Crippen molar-refractivity contribution in [2.75, 3.05) is 11.1 Å². The van der Waals surface area contributed by atoms with E-state index in [0.717, 1.165) is 18.2 Å². The van der Waals surface area contributed by atoms with Crippen molar-refractivity contribution in [1.29, 1.82) is 0 Å². The number of rotatable bonds is 2. The van der Waals surface area contributed by atoms with E-state index in [4.69, 9.17) is 5.73 Å². The molecule has 0 unspecified atom stereocenters. The lowest BCUT2D eigenvalue weighted by Gasteiger charge is -2.11. The van der Waals surface area contributed by atoms with E-state index in [0.29, 0.717) is 5.56 Å². The molecule has 2 aromatic carbocycles. The monoisotopic (exact) mass is 252 g/mol. The van der Waals surface area contributed by atoms with Crippen LogP contribution in [0.25, 0.3) is 0 Å². The van der Waals surface area contributed by atoms with E-state index in [2.05, 4.69) is 5.32 Å². The second-order valence-electron chi connectivity index (χ2n) is 3.95. The summed E-state index contributed by atoms with van der Waals surface area (Å²) in [6.07, 6.45) is 0. The van der Waals surface area contributed by atoms with Gasteiger partial charge in [-0.3, -0.25) is 0 Å². The molecule has 94 valence electrons. The first-order valence-electron chi connectivity index (χ1n) is 5.25. The first kappa shape index (κ1) is 12.3. The highest BCUT2D eigenvalue weighted by Crippen LogP contribution is 2.26. The van der Waals surface area contributed by atoms with E-state index in [9.17, 15) is 13.2 Å². The summed E-state index contributed by atoms with van der Waals surface area (Å²) < 4.78 is 40.3. The molecule has 0 bridgehead atoms. The Bertz CT molecular complexity index is 577. The molecule has 2 rings (SSSR count). The lowest BCUT2D eigenvalue weighted by Crippen LogP contribution is -2.00. The van der Waals surface area contributed by atoms with Crippen molar-refractivity contribution in [2.24, 2.45) is 0 Å². The minimum absolute atomic E-state index is 0.172. The molecule has 0 fully saturated rings. The summed E-state index contributed by atoms with van der Waals surface area (Å²) in [5.41, 5.74) is 5.79. The number of nitrogens with two attached hydrogens (primary N) is 1. The summed E-state index contributed by atoms with van der Waals surface area (Å²) in [5, 5.41) is 2.49. The van der Waals surface area contributed by atoms with Crippen LogP contribution in [0.3, 0.4) is 0 Å².